The average Bonchev–Trinajstić information content (AvgIpc) is 3.02. The summed E-state index contributed by atoms with van der Waals surface area (Å²) in [6.07, 6.45) is 2.36. The van der Waals surface area contributed by atoms with E-state index in [1.165, 1.54) is 11.8 Å². The molecule has 1 aliphatic heterocycles. The van der Waals surface area contributed by atoms with E-state index in [0.717, 1.165) is 17.9 Å². The highest BCUT2D eigenvalue weighted by atomic mass is 32.2. The van der Waals surface area contributed by atoms with Gasteiger partial charge in [0.25, 0.3) is 0 Å². The van der Waals surface area contributed by atoms with Crippen molar-refractivity contribution in [1.82, 2.24) is 14.8 Å². The zero-order valence-electron chi connectivity index (χ0n) is 12.4. The molecular formula is C15H15N5OS. The molecule has 3 heterocycles. The molecule has 1 saturated heterocycles. The molecule has 0 aromatic carbocycles. The molecular weight excluding hydrogens is 298 g/mol. The molecule has 6 nitrogen and oxygen atoms in total. The number of rotatable bonds is 3. The maximum Gasteiger partial charge on any atom is 0.241 e. The maximum atomic E-state index is 12.6. The summed E-state index contributed by atoms with van der Waals surface area (Å²) in [5.41, 5.74) is 1.45. The van der Waals surface area contributed by atoms with Gasteiger partial charge in [-0.05, 0) is 25.5 Å². The molecule has 112 valence electrons. The largest absolute Gasteiger partial charge is 0.296 e. The maximum absolute atomic E-state index is 12.6. The van der Waals surface area contributed by atoms with Gasteiger partial charge in [0.05, 0.1) is 27.6 Å². The number of thioether (sulfide) groups is 1. The minimum atomic E-state index is -0.170. The van der Waals surface area contributed by atoms with Crippen molar-refractivity contribution in [2.75, 3.05) is 11.4 Å². The summed E-state index contributed by atoms with van der Waals surface area (Å²) in [5.74, 6) is 0.890. The van der Waals surface area contributed by atoms with Gasteiger partial charge in [-0.2, -0.15) is 10.4 Å². The third-order valence-electron chi connectivity index (χ3n) is 3.54. The first kappa shape index (κ1) is 14.6. The Labute approximate surface area is 132 Å². The lowest BCUT2D eigenvalue weighted by Crippen LogP contribution is -2.29. The van der Waals surface area contributed by atoms with Crippen LogP contribution in [0.3, 0.4) is 0 Å². The highest BCUT2D eigenvalue weighted by Gasteiger charge is 2.35. The third-order valence-corrected chi connectivity index (χ3v) is 4.72. The van der Waals surface area contributed by atoms with Crippen molar-refractivity contribution in [3.8, 4) is 6.07 Å². The molecule has 22 heavy (non-hydrogen) atoms. The molecule has 1 amide bonds. The molecule has 0 N–H and O–H groups in total. The van der Waals surface area contributed by atoms with Gasteiger partial charge in [0.1, 0.15) is 5.82 Å². The number of pyridine rings is 1. The minimum Gasteiger partial charge on any atom is -0.296 e. The smallest absolute Gasteiger partial charge is 0.241 e. The van der Waals surface area contributed by atoms with E-state index in [0.29, 0.717) is 17.1 Å². The molecule has 0 aliphatic carbocycles. The Kier molecular flexibility index (Phi) is 3.86. The number of aromatic nitrogens is 3. The zero-order chi connectivity index (χ0) is 15.7. The Morgan fingerprint density at radius 1 is 1.45 bits per heavy atom. The number of aryl methyl sites for hydroxylation is 2. The number of hydrogen-bond acceptors (Lipinski definition) is 5. The van der Waals surface area contributed by atoms with Crippen molar-refractivity contribution in [3.63, 3.8) is 0 Å². The highest BCUT2D eigenvalue weighted by Crippen LogP contribution is 2.32. The number of nitriles is 1. The lowest BCUT2D eigenvalue weighted by Gasteiger charge is -2.16. The fourth-order valence-corrected chi connectivity index (χ4v) is 3.59. The highest BCUT2D eigenvalue weighted by molar-refractivity contribution is 8.00. The van der Waals surface area contributed by atoms with Crippen molar-refractivity contribution in [2.45, 2.75) is 23.6 Å². The normalized spacial score (nSPS) is 17.8. The third kappa shape index (κ3) is 2.70. The van der Waals surface area contributed by atoms with Gasteiger partial charge in [-0.3, -0.25) is 14.4 Å². The Balaban J connectivity index is 1.76. The van der Waals surface area contributed by atoms with Crippen LogP contribution in [0.25, 0.3) is 0 Å². The van der Waals surface area contributed by atoms with Gasteiger partial charge in [-0.1, -0.05) is 11.8 Å². The number of carbonyl (C=O) groups is 1. The quantitative estimate of drug-likeness (QED) is 0.865. The first-order valence-electron chi connectivity index (χ1n) is 6.93. The van der Waals surface area contributed by atoms with Crippen LogP contribution in [0.1, 0.15) is 17.7 Å². The van der Waals surface area contributed by atoms with Crippen LogP contribution < -0.4 is 4.90 Å². The van der Waals surface area contributed by atoms with E-state index in [2.05, 4.69) is 16.2 Å². The van der Waals surface area contributed by atoms with Crippen LogP contribution in [-0.2, 0) is 11.8 Å². The molecule has 0 spiro atoms. The van der Waals surface area contributed by atoms with E-state index >= 15 is 0 Å². The lowest BCUT2D eigenvalue weighted by molar-refractivity contribution is -0.116. The van der Waals surface area contributed by atoms with Gasteiger partial charge in [-0.15, -0.1) is 0 Å². The standard InChI is InChI=1S/C15H15N5OS/c1-10-7-14(19(2)18-10)20-6-4-12(15(20)21)22-13-8-11(9-16)3-5-17-13/h3,5,7-8,12H,4,6H2,1-2H3/t12-/m1/s1. The van der Waals surface area contributed by atoms with E-state index in [4.69, 9.17) is 5.26 Å². The summed E-state index contributed by atoms with van der Waals surface area (Å²) in [5, 5.41) is 13.8. The summed E-state index contributed by atoms with van der Waals surface area (Å²) in [7, 11) is 1.84. The van der Waals surface area contributed by atoms with Gasteiger partial charge in [0, 0.05) is 25.9 Å². The van der Waals surface area contributed by atoms with Gasteiger partial charge in [-0.25, -0.2) is 4.98 Å². The van der Waals surface area contributed by atoms with Gasteiger partial charge in [0.15, 0.2) is 0 Å². The molecule has 1 aliphatic rings. The Hall–Kier alpha value is -2.33. The number of anilines is 1. The van der Waals surface area contributed by atoms with Crippen LogP contribution in [-0.4, -0.2) is 32.5 Å². The SMILES string of the molecule is Cc1cc(N2CC[C@@H](Sc3cc(C#N)ccn3)C2=O)n(C)n1. The Morgan fingerprint density at radius 2 is 2.27 bits per heavy atom. The molecule has 0 radical (unpaired) electrons. The first-order chi connectivity index (χ1) is 10.6. The average molecular weight is 313 g/mol. The number of nitrogens with zero attached hydrogens (tertiary/aromatic N) is 5. The fraction of sp³-hybridized carbons (Fsp3) is 0.333. The first-order valence-corrected chi connectivity index (χ1v) is 7.81. The summed E-state index contributed by atoms with van der Waals surface area (Å²) in [4.78, 5) is 18.6. The predicted octanol–water partition coefficient (Wildman–Crippen LogP) is 1.89. The van der Waals surface area contributed by atoms with Gasteiger partial charge in [0.2, 0.25) is 5.91 Å². The van der Waals surface area contributed by atoms with E-state index in [1.807, 2.05) is 20.0 Å². The molecule has 2 aromatic rings. The monoisotopic (exact) mass is 313 g/mol. The van der Waals surface area contributed by atoms with Crippen LogP contribution in [0, 0.1) is 18.3 Å². The predicted molar refractivity (Wildman–Crippen MR) is 83.5 cm³/mol. The van der Waals surface area contributed by atoms with Crippen molar-refractivity contribution < 1.29 is 4.79 Å². The van der Waals surface area contributed by atoms with E-state index < -0.39 is 0 Å². The number of amides is 1. The lowest BCUT2D eigenvalue weighted by atomic mass is 10.3. The number of hydrogen-bond donors (Lipinski definition) is 0. The summed E-state index contributed by atoms with van der Waals surface area (Å²) in [6.45, 7) is 2.58. The van der Waals surface area contributed by atoms with Crippen LogP contribution in [0.5, 0.6) is 0 Å². The summed E-state index contributed by atoms with van der Waals surface area (Å²) < 4.78 is 1.73. The molecule has 7 heteroatoms. The second kappa shape index (κ2) is 5.81. The minimum absolute atomic E-state index is 0.0668. The van der Waals surface area contributed by atoms with Crippen molar-refractivity contribution in [1.29, 1.82) is 5.26 Å². The van der Waals surface area contributed by atoms with E-state index in [-0.39, 0.29) is 11.2 Å². The Bertz CT molecular complexity index is 764. The summed E-state index contributed by atoms with van der Waals surface area (Å²) >= 11 is 1.42. The van der Waals surface area contributed by atoms with Gasteiger partial charge >= 0.3 is 0 Å². The second-order valence-corrected chi connectivity index (χ2v) is 6.37. The van der Waals surface area contributed by atoms with Crippen LogP contribution in [0.4, 0.5) is 5.82 Å². The van der Waals surface area contributed by atoms with Crippen LogP contribution in [0.15, 0.2) is 29.4 Å². The molecule has 1 fully saturated rings. The molecule has 1 atom stereocenters. The molecule has 3 rings (SSSR count). The van der Waals surface area contributed by atoms with Crippen molar-refractivity contribution in [2.24, 2.45) is 7.05 Å². The number of carbonyl (C=O) groups excluding carboxylic acids is 1. The topological polar surface area (TPSA) is 74.8 Å². The molecule has 0 saturated carbocycles. The Morgan fingerprint density at radius 3 is 2.95 bits per heavy atom. The second-order valence-electron chi connectivity index (χ2n) is 5.15. The van der Waals surface area contributed by atoms with Crippen LogP contribution >= 0.6 is 11.8 Å². The van der Waals surface area contributed by atoms with Gasteiger partial charge < -0.3 is 0 Å². The van der Waals surface area contributed by atoms with E-state index in [9.17, 15) is 4.79 Å². The van der Waals surface area contributed by atoms with Crippen LogP contribution in [0.2, 0.25) is 0 Å². The summed E-state index contributed by atoms with van der Waals surface area (Å²) in [6, 6.07) is 7.38. The molecule has 2 aromatic heterocycles. The zero-order valence-corrected chi connectivity index (χ0v) is 13.2. The van der Waals surface area contributed by atoms with Crippen molar-refractivity contribution >= 4 is 23.5 Å². The fourth-order valence-electron chi connectivity index (χ4n) is 2.53. The molecule has 0 unspecified atom stereocenters. The van der Waals surface area contributed by atoms with Crippen molar-refractivity contribution in [3.05, 3.63) is 35.7 Å². The molecule has 0 bridgehead atoms. The van der Waals surface area contributed by atoms with E-state index in [1.54, 1.807) is 27.9 Å².